The minimum atomic E-state index is -0.764. The molecule has 0 saturated carbocycles. The number of rotatable bonds is 4. The first kappa shape index (κ1) is 8.61. The van der Waals surface area contributed by atoms with Crippen LogP contribution in [0.5, 0.6) is 0 Å². The SMILES string of the molecule is CC(=O)CC(=O)ONC=O. The number of carbonyl (C=O) groups is 3. The van der Waals surface area contributed by atoms with E-state index in [9.17, 15) is 14.4 Å². The summed E-state index contributed by atoms with van der Waals surface area (Å²) in [7, 11) is 0. The largest absolute Gasteiger partial charge is 0.341 e. The van der Waals surface area contributed by atoms with Gasteiger partial charge < -0.3 is 4.84 Å². The lowest BCUT2D eigenvalue weighted by molar-refractivity contribution is -0.155. The zero-order valence-electron chi connectivity index (χ0n) is 5.42. The number of hydrogen-bond acceptors (Lipinski definition) is 4. The topological polar surface area (TPSA) is 72.5 Å². The third kappa shape index (κ3) is 4.76. The molecule has 0 fully saturated rings. The minimum absolute atomic E-state index is 0.206. The molecular formula is C5H7NO4. The van der Waals surface area contributed by atoms with Gasteiger partial charge in [0.15, 0.2) is 0 Å². The van der Waals surface area contributed by atoms with Crippen molar-refractivity contribution in [2.45, 2.75) is 13.3 Å². The van der Waals surface area contributed by atoms with E-state index in [1.807, 2.05) is 0 Å². The Morgan fingerprint density at radius 3 is 2.60 bits per heavy atom. The summed E-state index contributed by atoms with van der Waals surface area (Å²) in [5, 5.41) is 0. The van der Waals surface area contributed by atoms with E-state index in [0.29, 0.717) is 0 Å². The summed E-state index contributed by atoms with van der Waals surface area (Å²) in [6.07, 6.45) is -0.112. The maximum Gasteiger partial charge on any atom is 0.339 e. The summed E-state index contributed by atoms with van der Waals surface area (Å²) in [5.41, 5.74) is 1.67. The second-order valence-electron chi connectivity index (χ2n) is 1.59. The highest BCUT2D eigenvalue weighted by Crippen LogP contribution is 1.83. The van der Waals surface area contributed by atoms with Gasteiger partial charge in [0.25, 0.3) is 0 Å². The first-order chi connectivity index (χ1) is 4.66. The summed E-state index contributed by atoms with van der Waals surface area (Å²) in [5.74, 6) is -1.07. The number of hydrogen-bond donors (Lipinski definition) is 1. The average molecular weight is 145 g/mol. The van der Waals surface area contributed by atoms with Gasteiger partial charge in [-0.3, -0.25) is 9.59 Å². The fraction of sp³-hybridized carbons (Fsp3) is 0.400. The molecule has 0 rings (SSSR count). The number of hydroxylamine groups is 1. The first-order valence-electron chi connectivity index (χ1n) is 2.55. The summed E-state index contributed by atoms with van der Waals surface area (Å²) in [4.78, 5) is 34.1. The van der Waals surface area contributed by atoms with Gasteiger partial charge in [0.2, 0.25) is 6.41 Å². The summed E-state index contributed by atoms with van der Waals surface area (Å²) in [6, 6.07) is 0. The van der Waals surface area contributed by atoms with Crippen molar-refractivity contribution in [1.82, 2.24) is 5.48 Å². The van der Waals surface area contributed by atoms with Crippen molar-refractivity contribution in [1.29, 1.82) is 0 Å². The van der Waals surface area contributed by atoms with Gasteiger partial charge >= 0.3 is 5.97 Å². The van der Waals surface area contributed by atoms with Crippen LogP contribution >= 0.6 is 0 Å². The summed E-state index contributed by atoms with van der Waals surface area (Å²) in [6.45, 7) is 1.25. The van der Waals surface area contributed by atoms with Crippen LogP contribution in [0, 0.1) is 0 Å². The predicted molar refractivity (Wildman–Crippen MR) is 30.6 cm³/mol. The van der Waals surface area contributed by atoms with Crippen molar-refractivity contribution >= 4 is 18.2 Å². The number of nitrogens with one attached hydrogen (secondary N) is 1. The van der Waals surface area contributed by atoms with Crippen molar-refractivity contribution < 1.29 is 19.2 Å². The van der Waals surface area contributed by atoms with E-state index in [-0.39, 0.29) is 18.6 Å². The molecule has 0 heterocycles. The van der Waals surface area contributed by atoms with E-state index in [4.69, 9.17) is 0 Å². The molecule has 0 unspecified atom stereocenters. The number of Topliss-reactive ketones (excluding diaryl/α,β-unsaturated/α-hetero) is 1. The maximum atomic E-state index is 10.3. The molecule has 0 spiro atoms. The van der Waals surface area contributed by atoms with Crippen LogP contribution in [-0.2, 0) is 19.2 Å². The highest BCUT2D eigenvalue weighted by Gasteiger charge is 2.04. The van der Waals surface area contributed by atoms with Gasteiger partial charge in [-0.05, 0) is 6.92 Å². The van der Waals surface area contributed by atoms with Gasteiger partial charge in [-0.25, -0.2) is 4.79 Å². The van der Waals surface area contributed by atoms with Gasteiger partial charge in [-0.1, -0.05) is 0 Å². The van der Waals surface area contributed by atoms with Gasteiger partial charge in [-0.2, -0.15) is 5.48 Å². The summed E-state index contributed by atoms with van der Waals surface area (Å²) < 4.78 is 0. The molecule has 0 aromatic heterocycles. The lowest BCUT2D eigenvalue weighted by Crippen LogP contribution is -2.19. The van der Waals surface area contributed by atoms with E-state index in [1.165, 1.54) is 6.92 Å². The molecule has 0 saturated heterocycles. The van der Waals surface area contributed by atoms with Gasteiger partial charge in [0, 0.05) is 0 Å². The Morgan fingerprint density at radius 2 is 2.20 bits per heavy atom. The maximum absolute atomic E-state index is 10.3. The predicted octanol–water partition coefficient (Wildman–Crippen LogP) is -0.830. The van der Waals surface area contributed by atoms with Crippen LogP contribution in [0.3, 0.4) is 0 Å². The normalized spacial score (nSPS) is 8.10. The molecular weight excluding hydrogens is 138 g/mol. The average Bonchev–Trinajstić information content (AvgIpc) is 1.82. The Morgan fingerprint density at radius 1 is 1.60 bits per heavy atom. The van der Waals surface area contributed by atoms with Gasteiger partial charge in [0.1, 0.15) is 12.2 Å². The second kappa shape index (κ2) is 4.49. The van der Waals surface area contributed by atoms with Crippen LogP contribution in [0.4, 0.5) is 0 Å². The molecule has 5 nitrogen and oxygen atoms in total. The van der Waals surface area contributed by atoms with Crippen LogP contribution in [0.15, 0.2) is 0 Å². The van der Waals surface area contributed by atoms with E-state index in [0.717, 1.165) is 0 Å². The van der Waals surface area contributed by atoms with Crippen molar-refractivity contribution in [3.8, 4) is 0 Å². The fourth-order valence-corrected chi connectivity index (χ4v) is 0.329. The Hall–Kier alpha value is -1.39. The highest BCUT2D eigenvalue weighted by atomic mass is 16.7. The van der Waals surface area contributed by atoms with Crippen LogP contribution in [0.2, 0.25) is 0 Å². The molecule has 1 amide bonds. The molecule has 0 atom stereocenters. The molecule has 56 valence electrons. The second-order valence-corrected chi connectivity index (χ2v) is 1.59. The molecule has 0 radical (unpaired) electrons. The number of ketones is 1. The van der Waals surface area contributed by atoms with Crippen LogP contribution in [-0.4, -0.2) is 18.2 Å². The van der Waals surface area contributed by atoms with E-state index in [2.05, 4.69) is 4.84 Å². The third-order valence-corrected chi connectivity index (χ3v) is 0.614. The molecule has 0 aliphatic carbocycles. The zero-order valence-corrected chi connectivity index (χ0v) is 5.42. The van der Waals surface area contributed by atoms with E-state index < -0.39 is 5.97 Å². The monoisotopic (exact) mass is 145 g/mol. The molecule has 5 heteroatoms. The van der Waals surface area contributed by atoms with Crippen LogP contribution in [0.25, 0.3) is 0 Å². The first-order valence-corrected chi connectivity index (χ1v) is 2.55. The Labute approximate surface area is 57.3 Å². The smallest absolute Gasteiger partial charge is 0.339 e. The molecule has 0 aromatic rings. The van der Waals surface area contributed by atoms with Crippen molar-refractivity contribution in [3.63, 3.8) is 0 Å². The lowest BCUT2D eigenvalue weighted by atomic mass is 10.3. The lowest BCUT2D eigenvalue weighted by Gasteiger charge is -1.96. The third-order valence-electron chi connectivity index (χ3n) is 0.614. The van der Waals surface area contributed by atoms with Gasteiger partial charge in [-0.15, -0.1) is 0 Å². The Balaban J connectivity index is 3.43. The zero-order chi connectivity index (χ0) is 7.98. The quantitative estimate of drug-likeness (QED) is 0.318. The van der Waals surface area contributed by atoms with E-state index >= 15 is 0 Å². The fourth-order valence-electron chi connectivity index (χ4n) is 0.329. The molecule has 10 heavy (non-hydrogen) atoms. The van der Waals surface area contributed by atoms with Crippen molar-refractivity contribution in [3.05, 3.63) is 0 Å². The molecule has 0 aromatic carbocycles. The summed E-state index contributed by atoms with van der Waals surface area (Å²) >= 11 is 0. The van der Waals surface area contributed by atoms with Crippen molar-refractivity contribution in [2.75, 3.05) is 0 Å². The van der Waals surface area contributed by atoms with Crippen LogP contribution < -0.4 is 5.48 Å². The number of carbonyl (C=O) groups excluding carboxylic acids is 3. The number of amides is 1. The highest BCUT2D eigenvalue weighted by molar-refractivity contribution is 5.94. The Bertz CT molecular complexity index is 154. The van der Waals surface area contributed by atoms with Crippen molar-refractivity contribution in [2.24, 2.45) is 0 Å². The molecule has 0 bridgehead atoms. The molecule has 1 N–H and O–H groups in total. The van der Waals surface area contributed by atoms with E-state index in [1.54, 1.807) is 5.48 Å². The molecule has 0 aliphatic rings. The Kier molecular flexibility index (Phi) is 3.86. The standard InChI is InChI=1S/C5H7NO4/c1-4(8)2-5(9)10-6-3-7/h3H,2H2,1H3,(H,6,7). The molecule has 0 aliphatic heterocycles. The van der Waals surface area contributed by atoms with Crippen LogP contribution in [0.1, 0.15) is 13.3 Å². The minimum Gasteiger partial charge on any atom is -0.341 e. The van der Waals surface area contributed by atoms with Gasteiger partial charge in [0.05, 0.1) is 0 Å².